The van der Waals surface area contributed by atoms with Crippen LogP contribution in [0.25, 0.3) is 0 Å². The van der Waals surface area contributed by atoms with Crippen LogP contribution in [-0.4, -0.2) is 65.6 Å². The van der Waals surface area contributed by atoms with Gasteiger partial charge in [-0.05, 0) is 48.9 Å². The number of amides is 2. The number of carbonyl (C=O) groups is 2. The topological polar surface area (TPSA) is 95.1 Å². The molecule has 0 unspecified atom stereocenters. The first-order valence-electron chi connectivity index (χ1n) is 13.5. The standard InChI is InChI=1S/C30H40N2O6/c1-35-25-9-8-24(20-26(25)36-2)30(14-18-38-19-15-30)22-32-28(34)11-10-27(33)31-21-29(12-16-37-17-13-29)23-6-4-3-5-7-23/h3-9,20H,10-19,21-22H2,1-2H3,(H,31,33)(H,32,34). The summed E-state index contributed by atoms with van der Waals surface area (Å²) in [6.45, 7) is 3.63. The van der Waals surface area contributed by atoms with Crippen molar-refractivity contribution < 1.29 is 28.5 Å². The van der Waals surface area contributed by atoms with Crippen molar-refractivity contribution in [3.05, 3.63) is 59.7 Å². The lowest BCUT2D eigenvalue weighted by Gasteiger charge is -2.38. The van der Waals surface area contributed by atoms with Gasteiger partial charge in [0.25, 0.3) is 0 Å². The normalized spacial score (nSPS) is 18.3. The van der Waals surface area contributed by atoms with Crippen LogP contribution in [-0.2, 0) is 29.9 Å². The van der Waals surface area contributed by atoms with Gasteiger partial charge in [-0.1, -0.05) is 36.4 Å². The van der Waals surface area contributed by atoms with Crippen molar-refractivity contribution >= 4 is 11.8 Å². The third-order valence-corrected chi connectivity index (χ3v) is 8.11. The Morgan fingerprint density at radius 3 is 1.71 bits per heavy atom. The van der Waals surface area contributed by atoms with Gasteiger partial charge in [-0.15, -0.1) is 0 Å². The second-order valence-corrected chi connectivity index (χ2v) is 10.3. The van der Waals surface area contributed by atoms with Crippen molar-refractivity contribution in [3.8, 4) is 11.5 Å². The maximum atomic E-state index is 12.8. The molecule has 8 nitrogen and oxygen atoms in total. The second kappa shape index (κ2) is 13.1. The molecule has 8 heteroatoms. The molecule has 0 bridgehead atoms. The Morgan fingerprint density at radius 1 is 0.711 bits per heavy atom. The molecule has 0 aromatic heterocycles. The molecule has 2 heterocycles. The van der Waals surface area contributed by atoms with Crippen LogP contribution < -0.4 is 20.1 Å². The SMILES string of the molecule is COc1ccc(C2(CNC(=O)CCC(=O)NCC3(c4ccccc4)CCOCC3)CCOCC2)cc1OC. The quantitative estimate of drug-likeness (QED) is 0.467. The van der Waals surface area contributed by atoms with Gasteiger partial charge in [-0.25, -0.2) is 0 Å². The predicted octanol–water partition coefficient (Wildman–Crippen LogP) is 3.51. The molecule has 206 valence electrons. The zero-order valence-corrected chi connectivity index (χ0v) is 22.6. The average Bonchev–Trinajstić information content (AvgIpc) is 2.99. The van der Waals surface area contributed by atoms with Crippen molar-refractivity contribution in [2.75, 3.05) is 53.7 Å². The van der Waals surface area contributed by atoms with Crippen molar-refractivity contribution in [1.82, 2.24) is 10.6 Å². The fraction of sp³-hybridized carbons (Fsp3) is 0.533. The average molecular weight is 525 g/mol. The van der Waals surface area contributed by atoms with Gasteiger partial charge < -0.3 is 29.6 Å². The highest BCUT2D eigenvalue weighted by Crippen LogP contribution is 2.39. The fourth-order valence-corrected chi connectivity index (χ4v) is 5.56. The van der Waals surface area contributed by atoms with Crippen LogP contribution in [0.1, 0.15) is 49.7 Å². The molecule has 2 fully saturated rings. The van der Waals surface area contributed by atoms with Crippen molar-refractivity contribution in [2.24, 2.45) is 0 Å². The lowest BCUT2D eigenvalue weighted by atomic mass is 9.74. The summed E-state index contributed by atoms with van der Waals surface area (Å²) in [5.41, 5.74) is 1.91. The minimum absolute atomic E-state index is 0.109. The molecule has 2 aliphatic heterocycles. The third kappa shape index (κ3) is 6.66. The molecular formula is C30H40N2O6. The molecule has 2 N–H and O–H groups in total. The summed E-state index contributed by atoms with van der Waals surface area (Å²) < 4.78 is 22.1. The van der Waals surface area contributed by atoms with Crippen molar-refractivity contribution in [3.63, 3.8) is 0 Å². The first kappa shape index (κ1) is 27.9. The summed E-state index contributed by atoms with van der Waals surface area (Å²) in [5, 5.41) is 6.18. The van der Waals surface area contributed by atoms with E-state index in [0.29, 0.717) is 51.0 Å². The molecule has 0 radical (unpaired) electrons. The smallest absolute Gasteiger partial charge is 0.220 e. The van der Waals surface area contributed by atoms with E-state index < -0.39 is 0 Å². The molecule has 2 saturated heterocycles. The van der Waals surface area contributed by atoms with Gasteiger partial charge in [-0.3, -0.25) is 9.59 Å². The van der Waals surface area contributed by atoms with E-state index in [1.54, 1.807) is 14.2 Å². The highest BCUT2D eigenvalue weighted by Gasteiger charge is 2.36. The zero-order chi connectivity index (χ0) is 26.8. The summed E-state index contributed by atoms with van der Waals surface area (Å²) in [7, 11) is 3.23. The second-order valence-electron chi connectivity index (χ2n) is 10.3. The van der Waals surface area contributed by atoms with Gasteiger partial charge in [0.2, 0.25) is 11.8 Å². The summed E-state index contributed by atoms with van der Waals surface area (Å²) >= 11 is 0. The molecule has 2 amide bonds. The summed E-state index contributed by atoms with van der Waals surface area (Å²) in [6, 6.07) is 16.2. The number of ether oxygens (including phenoxy) is 4. The minimum Gasteiger partial charge on any atom is -0.493 e. The van der Waals surface area contributed by atoms with Crippen LogP contribution >= 0.6 is 0 Å². The van der Waals surface area contributed by atoms with Crippen LogP contribution in [0.4, 0.5) is 0 Å². The molecule has 0 spiro atoms. The van der Waals surface area contributed by atoms with Crippen LogP contribution in [0, 0.1) is 0 Å². The van der Waals surface area contributed by atoms with Gasteiger partial charge in [0, 0.05) is 63.2 Å². The highest BCUT2D eigenvalue weighted by atomic mass is 16.5. The summed E-state index contributed by atoms with van der Waals surface area (Å²) in [4.78, 5) is 25.5. The molecule has 0 saturated carbocycles. The molecular weight excluding hydrogens is 484 g/mol. The van der Waals surface area contributed by atoms with E-state index >= 15 is 0 Å². The Kier molecular flexibility index (Phi) is 9.63. The zero-order valence-electron chi connectivity index (χ0n) is 22.6. The maximum absolute atomic E-state index is 12.8. The van der Waals surface area contributed by atoms with E-state index in [1.165, 1.54) is 5.56 Å². The van der Waals surface area contributed by atoms with E-state index in [1.807, 2.05) is 36.4 Å². The number of carbonyl (C=O) groups excluding carboxylic acids is 2. The van der Waals surface area contributed by atoms with E-state index in [4.69, 9.17) is 18.9 Å². The number of hydrogen-bond donors (Lipinski definition) is 2. The van der Waals surface area contributed by atoms with E-state index in [-0.39, 0.29) is 35.5 Å². The molecule has 2 aliphatic rings. The minimum atomic E-state index is -0.263. The molecule has 0 atom stereocenters. The molecule has 38 heavy (non-hydrogen) atoms. The van der Waals surface area contributed by atoms with Gasteiger partial charge in [0.05, 0.1) is 14.2 Å². The molecule has 0 aliphatic carbocycles. The Labute approximate surface area is 225 Å². The van der Waals surface area contributed by atoms with Gasteiger partial charge in [-0.2, -0.15) is 0 Å². The number of benzene rings is 2. The van der Waals surface area contributed by atoms with Crippen LogP contribution in [0.5, 0.6) is 11.5 Å². The first-order valence-corrected chi connectivity index (χ1v) is 13.5. The van der Waals surface area contributed by atoms with Gasteiger partial charge in [0.1, 0.15) is 0 Å². The van der Waals surface area contributed by atoms with Crippen molar-refractivity contribution in [1.29, 1.82) is 0 Å². The summed E-state index contributed by atoms with van der Waals surface area (Å²) in [6.07, 6.45) is 3.59. The van der Waals surface area contributed by atoms with Gasteiger partial charge in [0.15, 0.2) is 11.5 Å². The predicted molar refractivity (Wildman–Crippen MR) is 145 cm³/mol. The third-order valence-electron chi connectivity index (χ3n) is 8.11. The number of rotatable bonds is 11. The van der Waals surface area contributed by atoms with Gasteiger partial charge >= 0.3 is 0 Å². The molecule has 2 aromatic carbocycles. The van der Waals surface area contributed by atoms with E-state index in [2.05, 4.69) is 22.8 Å². The number of methoxy groups -OCH3 is 2. The Balaban J connectivity index is 1.31. The summed E-state index contributed by atoms with van der Waals surface area (Å²) in [5.74, 6) is 1.10. The fourth-order valence-electron chi connectivity index (χ4n) is 5.56. The lowest BCUT2D eigenvalue weighted by molar-refractivity contribution is -0.126. The van der Waals surface area contributed by atoms with E-state index in [9.17, 15) is 9.59 Å². The Bertz CT molecular complexity index is 1060. The Morgan fingerprint density at radius 2 is 1.21 bits per heavy atom. The lowest BCUT2D eigenvalue weighted by Crippen LogP contribution is -2.45. The first-order chi connectivity index (χ1) is 18.5. The monoisotopic (exact) mass is 524 g/mol. The van der Waals surface area contributed by atoms with Crippen LogP contribution in [0.3, 0.4) is 0 Å². The molecule has 2 aromatic rings. The Hall–Kier alpha value is -3.10. The van der Waals surface area contributed by atoms with Crippen molar-refractivity contribution in [2.45, 2.75) is 49.4 Å². The largest absolute Gasteiger partial charge is 0.493 e. The molecule has 4 rings (SSSR count). The van der Waals surface area contributed by atoms with Crippen LogP contribution in [0.15, 0.2) is 48.5 Å². The van der Waals surface area contributed by atoms with E-state index in [0.717, 1.165) is 31.2 Å². The van der Waals surface area contributed by atoms with Crippen LogP contribution in [0.2, 0.25) is 0 Å². The highest BCUT2D eigenvalue weighted by molar-refractivity contribution is 5.83. The number of hydrogen-bond acceptors (Lipinski definition) is 6. The number of nitrogens with one attached hydrogen (secondary N) is 2. The maximum Gasteiger partial charge on any atom is 0.220 e.